The zero-order valence-electron chi connectivity index (χ0n) is 10.2. The highest BCUT2D eigenvalue weighted by molar-refractivity contribution is 5.10. The van der Waals surface area contributed by atoms with Gasteiger partial charge in [-0.15, -0.1) is 10.2 Å². The zero-order chi connectivity index (χ0) is 12.1. The van der Waals surface area contributed by atoms with Crippen molar-refractivity contribution in [1.29, 1.82) is 0 Å². The Morgan fingerprint density at radius 2 is 2.35 bits per heavy atom. The molecular weight excluding hydrogens is 218 g/mol. The first-order valence-electron chi connectivity index (χ1n) is 6.06. The zero-order valence-corrected chi connectivity index (χ0v) is 10.2. The molecule has 2 rings (SSSR count). The summed E-state index contributed by atoms with van der Waals surface area (Å²) in [6.07, 6.45) is 3.57. The number of aliphatic hydroxyl groups is 1. The van der Waals surface area contributed by atoms with Gasteiger partial charge >= 0.3 is 0 Å². The standard InChI is InChI=1S/C12H19N3O2/c1-15-7-2-3-11(15)6-8-17-12-5-4-10(9-16)13-14-12/h4-5,11,16H,2-3,6-9H2,1H3. The maximum Gasteiger partial charge on any atom is 0.233 e. The largest absolute Gasteiger partial charge is 0.477 e. The smallest absolute Gasteiger partial charge is 0.233 e. The van der Waals surface area contributed by atoms with Gasteiger partial charge in [-0.25, -0.2) is 0 Å². The Balaban J connectivity index is 1.73. The second-order valence-corrected chi connectivity index (χ2v) is 4.43. The third-order valence-corrected chi connectivity index (χ3v) is 3.23. The molecule has 5 heteroatoms. The van der Waals surface area contributed by atoms with Crippen molar-refractivity contribution in [2.75, 3.05) is 20.2 Å². The molecule has 0 spiro atoms. The fourth-order valence-corrected chi connectivity index (χ4v) is 2.15. The summed E-state index contributed by atoms with van der Waals surface area (Å²) < 4.78 is 5.53. The number of hydrogen-bond acceptors (Lipinski definition) is 5. The summed E-state index contributed by atoms with van der Waals surface area (Å²) >= 11 is 0. The molecular formula is C12H19N3O2. The summed E-state index contributed by atoms with van der Waals surface area (Å²) in [7, 11) is 2.16. The van der Waals surface area contributed by atoms with Gasteiger partial charge in [0.05, 0.1) is 18.9 Å². The number of nitrogens with zero attached hydrogens (tertiary/aromatic N) is 3. The molecule has 1 N–H and O–H groups in total. The summed E-state index contributed by atoms with van der Waals surface area (Å²) in [6, 6.07) is 4.11. The Labute approximate surface area is 101 Å². The Morgan fingerprint density at radius 3 is 2.94 bits per heavy atom. The highest BCUT2D eigenvalue weighted by Crippen LogP contribution is 2.18. The lowest BCUT2D eigenvalue weighted by Crippen LogP contribution is -2.26. The first kappa shape index (κ1) is 12.3. The molecule has 1 aliphatic heterocycles. The van der Waals surface area contributed by atoms with Crippen molar-refractivity contribution < 1.29 is 9.84 Å². The summed E-state index contributed by atoms with van der Waals surface area (Å²) in [4.78, 5) is 2.38. The molecule has 1 saturated heterocycles. The van der Waals surface area contributed by atoms with Gasteiger partial charge in [-0.1, -0.05) is 0 Å². The Kier molecular flexibility index (Phi) is 4.28. The second-order valence-electron chi connectivity index (χ2n) is 4.43. The lowest BCUT2D eigenvalue weighted by atomic mass is 10.1. The van der Waals surface area contributed by atoms with Crippen molar-refractivity contribution in [3.63, 3.8) is 0 Å². The summed E-state index contributed by atoms with van der Waals surface area (Å²) in [5.41, 5.74) is 0.563. The van der Waals surface area contributed by atoms with E-state index < -0.39 is 0 Å². The maximum absolute atomic E-state index is 8.83. The van der Waals surface area contributed by atoms with E-state index in [4.69, 9.17) is 9.84 Å². The molecule has 0 amide bonds. The Morgan fingerprint density at radius 1 is 1.47 bits per heavy atom. The van der Waals surface area contributed by atoms with Crippen LogP contribution in [0.3, 0.4) is 0 Å². The van der Waals surface area contributed by atoms with Crippen LogP contribution >= 0.6 is 0 Å². The van der Waals surface area contributed by atoms with Crippen molar-refractivity contribution in [2.45, 2.75) is 31.9 Å². The predicted octanol–water partition coefficient (Wildman–Crippen LogP) is 0.832. The number of ether oxygens (including phenoxy) is 1. The molecule has 1 atom stereocenters. The van der Waals surface area contributed by atoms with Crippen LogP contribution in [0.1, 0.15) is 25.0 Å². The van der Waals surface area contributed by atoms with E-state index in [1.54, 1.807) is 12.1 Å². The molecule has 0 bridgehead atoms. The molecule has 0 aliphatic carbocycles. The monoisotopic (exact) mass is 237 g/mol. The van der Waals surface area contributed by atoms with Gasteiger partial charge in [0, 0.05) is 12.1 Å². The fourth-order valence-electron chi connectivity index (χ4n) is 2.15. The molecule has 94 valence electrons. The van der Waals surface area contributed by atoms with Gasteiger partial charge in [0.2, 0.25) is 5.88 Å². The predicted molar refractivity (Wildman–Crippen MR) is 63.7 cm³/mol. The van der Waals surface area contributed by atoms with Crippen LogP contribution in [0.2, 0.25) is 0 Å². The van der Waals surface area contributed by atoms with Crippen LogP contribution in [-0.4, -0.2) is 46.4 Å². The van der Waals surface area contributed by atoms with Gasteiger partial charge in [-0.05, 0) is 38.9 Å². The van der Waals surface area contributed by atoms with Crippen molar-refractivity contribution in [2.24, 2.45) is 0 Å². The van der Waals surface area contributed by atoms with Crippen LogP contribution in [0, 0.1) is 0 Å². The second kappa shape index (κ2) is 5.93. The molecule has 1 aromatic rings. The van der Waals surface area contributed by atoms with E-state index in [0.29, 0.717) is 24.2 Å². The van der Waals surface area contributed by atoms with E-state index in [1.807, 2.05) is 0 Å². The van der Waals surface area contributed by atoms with Gasteiger partial charge < -0.3 is 14.7 Å². The molecule has 17 heavy (non-hydrogen) atoms. The van der Waals surface area contributed by atoms with E-state index >= 15 is 0 Å². The van der Waals surface area contributed by atoms with Gasteiger partial charge in [-0.3, -0.25) is 0 Å². The van der Waals surface area contributed by atoms with Crippen LogP contribution in [0.15, 0.2) is 12.1 Å². The summed E-state index contributed by atoms with van der Waals surface area (Å²) in [6.45, 7) is 1.78. The number of likely N-dealkylation sites (tertiary alicyclic amines) is 1. The third kappa shape index (κ3) is 3.38. The topological polar surface area (TPSA) is 58.5 Å². The van der Waals surface area contributed by atoms with Gasteiger partial charge in [0.1, 0.15) is 0 Å². The van der Waals surface area contributed by atoms with E-state index in [1.165, 1.54) is 19.4 Å². The van der Waals surface area contributed by atoms with E-state index in [9.17, 15) is 0 Å². The summed E-state index contributed by atoms with van der Waals surface area (Å²) in [5, 5.41) is 16.5. The molecule has 0 radical (unpaired) electrons. The average molecular weight is 237 g/mol. The van der Waals surface area contributed by atoms with Crippen molar-refractivity contribution in [3.05, 3.63) is 17.8 Å². The van der Waals surface area contributed by atoms with Crippen LogP contribution in [0.25, 0.3) is 0 Å². The van der Waals surface area contributed by atoms with Crippen molar-refractivity contribution in [1.82, 2.24) is 15.1 Å². The Hall–Kier alpha value is -1.20. The minimum Gasteiger partial charge on any atom is -0.477 e. The minimum atomic E-state index is -0.0832. The molecule has 1 unspecified atom stereocenters. The molecule has 0 saturated carbocycles. The van der Waals surface area contributed by atoms with Crippen LogP contribution < -0.4 is 4.74 Å². The third-order valence-electron chi connectivity index (χ3n) is 3.23. The lowest BCUT2D eigenvalue weighted by molar-refractivity contribution is 0.226. The number of hydrogen-bond donors (Lipinski definition) is 1. The van der Waals surface area contributed by atoms with Crippen molar-refractivity contribution >= 4 is 0 Å². The number of aliphatic hydroxyl groups excluding tert-OH is 1. The maximum atomic E-state index is 8.83. The van der Waals surface area contributed by atoms with Crippen LogP contribution in [-0.2, 0) is 6.61 Å². The lowest BCUT2D eigenvalue weighted by Gasteiger charge is -2.18. The fraction of sp³-hybridized carbons (Fsp3) is 0.667. The van der Waals surface area contributed by atoms with Crippen LogP contribution in [0.4, 0.5) is 0 Å². The SMILES string of the molecule is CN1CCCC1CCOc1ccc(CO)nn1. The molecule has 1 aliphatic rings. The highest BCUT2D eigenvalue weighted by Gasteiger charge is 2.20. The molecule has 5 nitrogen and oxygen atoms in total. The molecule has 1 fully saturated rings. The number of rotatable bonds is 5. The van der Waals surface area contributed by atoms with E-state index in [2.05, 4.69) is 22.1 Å². The van der Waals surface area contributed by atoms with Gasteiger partial charge in [0.15, 0.2) is 0 Å². The normalized spacial score (nSPS) is 20.7. The highest BCUT2D eigenvalue weighted by atomic mass is 16.5. The van der Waals surface area contributed by atoms with E-state index in [0.717, 1.165) is 6.42 Å². The average Bonchev–Trinajstić information content (AvgIpc) is 2.76. The van der Waals surface area contributed by atoms with Crippen LogP contribution in [0.5, 0.6) is 5.88 Å². The van der Waals surface area contributed by atoms with Gasteiger partial charge in [-0.2, -0.15) is 0 Å². The van der Waals surface area contributed by atoms with E-state index in [-0.39, 0.29) is 6.61 Å². The number of aromatic nitrogens is 2. The molecule has 0 aromatic carbocycles. The van der Waals surface area contributed by atoms with Crippen molar-refractivity contribution in [3.8, 4) is 5.88 Å². The minimum absolute atomic E-state index is 0.0832. The molecule has 1 aromatic heterocycles. The first-order chi connectivity index (χ1) is 8.29. The summed E-state index contributed by atoms with van der Waals surface area (Å²) in [5.74, 6) is 0.530. The quantitative estimate of drug-likeness (QED) is 0.822. The Bertz CT molecular complexity index is 342. The first-order valence-corrected chi connectivity index (χ1v) is 6.06. The molecule has 2 heterocycles. The van der Waals surface area contributed by atoms with Gasteiger partial charge in [0.25, 0.3) is 0 Å².